The molecule has 114 valence electrons. The molecule has 0 aliphatic heterocycles. The fourth-order valence-corrected chi connectivity index (χ4v) is 1.79. The molecule has 0 N–H and O–H groups in total. The molecule has 0 saturated carbocycles. The molecule has 6 heteroatoms. The Balaban J connectivity index is 3.44. The van der Waals surface area contributed by atoms with E-state index in [1.54, 1.807) is 13.8 Å². The van der Waals surface area contributed by atoms with E-state index in [0.29, 0.717) is 0 Å². The lowest BCUT2D eigenvalue weighted by atomic mass is 10.00. The van der Waals surface area contributed by atoms with Crippen LogP contribution in [-0.4, -0.2) is 38.0 Å². The Morgan fingerprint density at radius 1 is 0.905 bits per heavy atom. The van der Waals surface area contributed by atoms with Crippen molar-refractivity contribution in [3.05, 3.63) is 28.8 Å². The number of rotatable bonds is 6. The summed E-state index contributed by atoms with van der Waals surface area (Å²) in [4.78, 5) is 35.5. The summed E-state index contributed by atoms with van der Waals surface area (Å²) in [6.07, 6.45) is 0. The summed E-state index contributed by atoms with van der Waals surface area (Å²) in [6, 6.07) is 2.62. The largest absolute Gasteiger partial charge is 0.496 e. The quantitative estimate of drug-likeness (QED) is 0.591. The van der Waals surface area contributed by atoms with Gasteiger partial charge >= 0.3 is 11.9 Å². The number of Topliss-reactive ketones (excluding diaryl/α,β-unsaturated/α-hetero) is 1. The SMILES string of the molecule is CCOC(=O)c1cc(C(C)=O)c(C(=O)OCC)cc1OC. The van der Waals surface area contributed by atoms with Crippen molar-refractivity contribution in [3.8, 4) is 5.75 Å². The average molecular weight is 294 g/mol. The Morgan fingerprint density at radius 2 is 1.43 bits per heavy atom. The van der Waals surface area contributed by atoms with Crippen molar-refractivity contribution in [2.45, 2.75) is 20.8 Å². The first-order chi connectivity index (χ1) is 9.96. The van der Waals surface area contributed by atoms with E-state index < -0.39 is 11.9 Å². The van der Waals surface area contributed by atoms with Gasteiger partial charge in [0.15, 0.2) is 5.78 Å². The molecule has 0 saturated heterocycles. The van der Waals surface area contributed by atoms with Crippen molar-refractivity contribution in [3.63, 3.8) is 0 Å². The van der Waals surface area contributed by atoms with E-state index in [1.165, 1.54) is 26.2 Å². The summed E-state index contributed by atoms with van der Waals surface area (Å²) < 4.78 is 14.9. The van der Waals surface area contributed by atoms with Gasteiger partial charge in [-0.25, -0.2) is 9.59 Å². The van der Waals surface area contributed by atoms with Crippen LogP contribution in [0.15, 0.2) is 12.1 Å². The van der Waals surface area contributed by atoms with Crippen molar-refractivity contribution in [2.24, 2.45) is 0 Å². The zero-order valence-corrected chi connectivity index (χ0v) is 12.5. The highest BCUT2D eigenvalue weighted by Gasteiger charge is 2.23. The molecule has 0 aliphatic rings. The van der Waals surface area contributed by atoms with Gasteiger partial charge in [0.2, 0.25) is 0 Å². The molecule has 6 nitrogen and oxygen atoms in total. The fourth-order valence-electron chi connectivity index (χ4n) is 1.79. The summed E-state index contributed by atoms with van der Waals surface area (Å²) in [5, 5.41) is 0. The van der Waals surface area contributed by atoms with Gasteiger partial charge in [0, 0.05) is 5.56 Å². The van der Waals surface area contributed by atoms with Crippen molar-refractivity contribution in [1.82, 2.24) is 0 Å². The summed E-state index contributed by atoms with van der Waals surface area (Å²) in [5.74, 6) is -1.46. The van der Waals surface area contributed by atoms with Gasteiger partial charge in [0.25, 0.3) is 0 Å². The van der Waals surface area contributed by atoms with Crippen molar-refractivity contribution < 1.29 is 28.6 Å². The van der Waals surface area contributed by atoms with Gasteiger partial charge < -0.3 is 14.2 Å². The molecule has 0 unspecified atom stereocenters. The normalized spacial score (nSPS) is 9.90. The van der Waals surface area contributed by atoms with Crippen LogP contribution in [0.25, 0.3) is 0 Å². The van der Waals surface area contributed by atoms with Gasteiger partial charge in [-0.15, -0.1) is 0 Å². The standard InChI is InChI=1S/C15H18O6/c1-5-20-14(17)11-8-13(19-4)12(15(18)21-6-2)7-10(11)9(3)16/h7-8H,5-6H2,1-4H3. The van der Waals surface area contributed by atoms with Gasteiger partial charge in [-0.2, -0.15) is 0 Å². The van der Waals surface area contributed by atoms with Crippen LogP contribution < -0.4 is 4.74 Å². The second-order valence-corrected chi connectivity index (χ2v) is 4.10. The Kier molecular flexibility index (Phi) is 5.90. The van der Waals surface area contributed by atoms with Crippen LogP contribution in [0, 0.1) is 0 Å². The predicted molar refractivity (Wildman–Crippen MR) is 74.9 cm³/mol. The molecule has 0 aromatic heterocycles. The summed E-state index contributed by atoms with van der Waals surface area (Å²) in [5.41, 5.74) is 0.254. The third kappa shape index (κ3) is 3.81. The van der Waals surface area contributed by atoms with Crippen molar-refractivity contribution in [2.75, 3.05) is 20.3 Å². The second-order valence-electron chi connectivity index (χ2n) is 4.10. The van der Waals surface area contributed by atoms with Crippen LogP contribution >= 0.6 is 0 Å². The molecule has 0 atom stereocenters. The number of carbonyl (C=O) groups is 3. The lowest BCUT2D eigenvalue weighted by Gasteiger charge is -2.13. The van der Waals surface area contributed by atoms with Crippen LogP contribution in [0.2, 0.25) is 0 Å². The summed E-state index contributed by atoms with van der Waals surface area (Å²) in [7, 11) is 1.36. The van der Waals surface area contributed by atoms with Crippen LogP contribution in [0.1, 0.15) is 51.8 Å². The molecule has 1 rings (SSSR count). The van der Waals surface area contributed by atoms with E-state index in [9.17, 15) is 14.4 Å². The van der Waals surface area contributed by atoms with Crippen LogP contribution in [-0.2, 0) is 9.47 Å². The van der Waals surface area contributed by atoms with Gasteiger partial charge in [-0.05, 0) is 32.9 Å². The third-order valence-electron chi connectivity index (χ3n) is 2.71. The Labute approximate surface area is 123 Å². The van der Waals surface area contributed by atoms with Crippen LogP contribution in [0.4, 0.5) is 0 Å². The monoisotopic (exact) mass is 294 g/mol. The Hall–Kier alpha value is -2.37. The molecule has 0 amide bonds. The topological polar surface area (TPSA) is 78.9 Å². The lowest BCUT2D eigenvalue weighted by molar-refractivity contribution is 0.0506. The molecule has 0 spiro atoms. The van der Waals surface area contributed by atoms with E-state index in [1.807, 2.05) is 0 Å². The zero-order chi connectivity index (χ0) is 16.0. The Bertz CT molecular complexity index is 562. The molecular weight excluding hydrogens is 276 g/mol. The maximum Gasteiger partial charge on any atom is 0.341 e. The molecule has 0 bridgehead atoms. The number of ketones is 1. The number of carbonyl (C=O) groups excluding carboxylic acids is 3. The average Bonchev–Trinajstić information content (AvgIpc) is 2.46. The zero-order valence-electron chi connectivity index (χ0n) is 12.5. The fraction of sp³-hybridized carbons (Fsp3) is 0.400. The summed E-state index contributed by atoms with van der Waals surface area (Å²) in [6.45, 7) is 5.01. The molecule has 1 aromatic rings. The van der Waals surface area contributed by atoms with E-state index in [-0.39, 0.29) is 41.4 Å². The number of hydrogen-bond acceptors (Lipinski definition) is 6. The smallest absolute Gasteiger partial charge is 0.341 e. The molecule has 21 heavy (non-hydrogen) atoms. The van der Waals surface area contributed by atoms with E-state index in [0.717, 1.165) is 0 Å². The Morgan fingerprint density at radius 3 is 1.86 bits per heavy atom. The highest BCUT2D eigenvalue weighted by molar-refractivity contribution is 6.08. The molecule has 0 heterocycles. The maximum atomic E-state index is 11.9. The van der Waals surface area contributed by atoms with Crippen molar-refractivity contribution >= 4 is 17.7 Å². The van der Waals surface area contributed by atoms with E-state index >= 15 is 0 Å². The maximum absolute atomic E-state index is 11.9. The molecule has 1 aromatic carbocycles. The molecule has 0 aliphatic carbocycles. The third-order valence-corrected chi connectivity index (χ3v) is 2.71. The predicted octanol–water partition coefficient (Wildman–Crippen LogP) is 2.25. The minimum Gasteiger partial charge on any atom is -0.496 e. The first-order valence-electron chi connectivity index (χ1n) is 6.53. The molecular formula is C15H18O6. The highest BCUT2D eigenvalue weighted by Crippen LogP contribution is 2.26. The molecule has 0 radical (unpaired) electrons. The molecule has 0 fully saturated rings. The number of benzene rings is 1. The first-order valence-corrected chi connectivity index (χ1v) is 6.53. The minimum atomic E-state index is -0.642. The summed E-state index contributed by atoms with van der Waals surface area (Å²) >= 11 is 0. The number of hydrogen-bond donors (Lipinski definition) is 0. The van der Waals surface area contributed by atoms with Gasteiger partial charge in [-0.1, -0.05) is 0 Å². The number of esters is 2. The van der Waals surface area contributed by atoms with E-state index in [2.05, 4.69) is 0 Å². The number of methoxy groups -OCH3 is 1. The minimum absolute atomic E-state index is 0.0641. The van der Waals surface area contributed by atoms with Crippen LogP contribution in [0.5, 0.6) is 5.75 Å². The lowest BCUT2D eigenvalue weighted by Crippen LogP contribution is -2.14. The highest BCUT2D eigenvalue weighted by atomic mass is 16.5. The first kappa shape index (κ1) is 16.7. The van der Waals surface area contributed by atoms with E-state index in [4.69, 9.17) is 14.2 Å². The number of ether oxygens (including phenoxy) is 3. The van der Waals surface area contributed by atoms with Gasteiger partial charge in [0.1, 0.15) is 11.3 Å². The van der Waals surface area contributed by atoms with Crippen LogP contribution in [0.3, 0.4) is 0 Å². The second kappa shape index (κ2) is 7.42. The van der Waals surface area contributed by atoms with Gasteiger partial charge in [0.05, 0.1) is 25.9 Å². The van der Waals surface area contributed by atoms with Gasteiger partial charge in [-0.3, -0.25) is 4.79 Å². The van der Waals surface area contributed by atoms with Crippen molar-refractivity contribution in [1.29, 1.82) is 0 Å².